The van der Waals surface area contributed by atoms with Crippen LogP contribution in [0.15, 0.2) is 47.4 Å². The van der Waals surface area contributed by atoms with E-state index >= 15 is 0 Å². The number of carbonyl (C=O) groups is 1. The number of benzene rings is 2. The molecule has 34 heavy (non-hydrogen) atoms. The van der Waals surface area contributed by atoms with Crippen LogP contribution in [-0.2, 0) is 14.8 Å². The van der Waals surface area contributed by atoms with Gasteiger partial charge in [0.25, 0.3) is 10.0 Å². The average molecular weight is 509 g/mol. The zero-order chi connectivity index (χ0) is 24.7. The second-order valence-corrected chi connectivity index (χ2v) is 10.8. The van der Waals surface area contributed by atoms with Gasteiger partial charge in [0.1, 0.15) is 12.3 Å². The van der Waals surface area contributed by atoms with Crippen molar-refractivity contribution in [3.05, 3.63) is 53.1 Å². The number of sulfonamides is 1. The molecule has 0 atom stereocenters. The molecule has 1 heterocycles. The molecule has 3 rings (SSSR count). The third-order valence-corrected chi connectivity index (χ3v) is 7.88. The van der Waals surface area contributed by atoms with E-state index in [2.05, 4.69) is 22.2 Å². The van der Waals surface area contributed by atoms with E-state index in [1.807, 2.05) is 6.92 Å². The summed E-state index contributed by atoms with van der Waals surface area (Å²) in [6.07, 6.45) is 0.792. The number of hydrogen-bond acceptors (Lipinski definition) is 6. The summed E-state index contributed by atoms with van der Waals surface area (Å²) in [7, 11) is -0.487. The quantitative estimate of drug-likeness (QED) is 0.497. The Labute approximate surface area is 207 Å². The molecular weight excluding hydrogens is 476 g/mol. The number of amides is 1. The maximum atomic E-state index is 13.6. The molecule has 1 aliphatic rings. The molecule has 0 aromatic heterocycles. The maximum absolute atomic E-state index is 13.6. The minimum Gasteiger partial charge on any atom is -0.495 e. The molecule has 1 saturated heterocycles. The highest BCUT2D eigenvalue weighted by molar-refractivity contribution is 7.92. The third-order valence-electron chi connectivity index (χ3n) is 5.87. The number of hydrogen-bond donors (Lipinski definition) is 1. The number of nitrogens with zero attached hydrogens (tertiary/aromatic N) is 3. The summed E-state index contributed by atoms with van der Waals surface area (Å²) < 4.78 is 33.6. The zero-order valence-corrected chi connectivity index (χ0v) is 21.5. The molecule has 0 radical (unpaired) electrons. The van der Waals surface area contributed by atoms with Gasteiger partial charge in [0.15, 0.2) is 0 Å². The molecule has 0 saturated carbocycles. The molecule has 0 unspecified atom stereocenters. The molecule has 1 N–H and O–H groups in total. The fourth-order valence-corrected chi connectivity index (χ4v) is 5.37. The van der Waals surface area contributed by atoms with Crippen molar-refractivity contribution in [3.8, 4) is 5.75 Å². The van der Waals surface area contributed by atoms with Crippen molar-refractivity contribution in [2.45, 2.75) is 18.2 Å². The molecule has 1 amide bonds. The number of methoxy groups -OCH3 is 1. The number of carbonyl (C=O) groups excluding carboxylic acids is 1. The predicted octanol–water partition coefficient (Wildman–Crippen LogP) is 2.61. The lowest BCUT2D eigenvalue weighted by molar-refractivity contribution is -0.119. The Morgan fingerprint density at radius 2 is 1.79 bits per heavy atom. The van der Waals surface area contributed by atoms with Crippen molar-refractivity contribution in [2.24, 2.45) is 0 Å². The number of rotatable bonds is 10. The molecule has 1 aliphatic heterocycles. The Balaban J connectivity index is 1.73. The summed E-state index contributed by atoms with van der Waals surface area (Å²) >= 11 is 6.17. The highest BCUT2D eigenvalue weighted by Gasteiger charge is 2.29. The van der Waals surface area contributed by atoms with Crippen LogP contribution in [0.25, 0.3) is 0 Å². The molecule has 10 heteroatoms. The van der Waals surface area contributed by atoms with Gasteiger partial charge in [-0.05, 0) is 57.3 Å². The van der Waals surface area contributed by atoms with Gasteiger partial charge in [-0.25, -0.2) is 8.42 Å². The van der Waals surface area contributed by atoms with Crippen molar-refractivity contribution in [2.75, 3.05) is 64.3 Å². The molecule has 1 fully saturated rings. The summed E-state index contributed by atoms with van der Waals surface area (Å²) in [4.78, 5) is 17.6. The lowest BCUT2D eigenvalue weighted by Crippen LogP contribution is -2.45. The minimum absolute atomic E-state index is 0.0861. The van der Waals surface area contributed by atoms with E-state index in [4.69, 9.17) is 16.3 Å². The van der Waals surface area contributed by atoms with Crippen molar-refractivity contribution in [1.29, 1.82) is 0 Å². The van der Waals surface area contributed by atoms with Gasteiger partial charge in [-0.1, -0.05) is 29.3 Å². The Morgan fingerprint density at radius 1 is 1.12 bits per heavy atom. The molecule has 186 valence electrons. The molecular formula is C24H33ClN4O4S. The van der Waals surface area contributed by atoms with E-state index in [0.717, 1.165) is 49.0 Å². The Morgan fingerprint density at radius 3 is 2.44 bits per heavy atom. The van der Waals surface area contributed by atoms with Gasteiger partial charge in [0, 0.05) is 37.7 Å². The van der Waals surface area contributed by atoms with Crippen LogP contribution in [0.3, 0.4) is 0 Å². The van der Waals surface area contributed by atoms with Gasteiger partial charge in [-0.2, -0.15) is 0 Å². The number of piperazine rings is 1. The number of ether oxygens (including phenoxy) is 1. The lowest BCUT2D eigenvalue weighted by Gasteiger charge is -2.32. The molecule has 2 aromatic carbocycles. The second kappa shape index (κ2) is 11.9. The number of anilines is 1. The summed E-state index contributed by atoms with van der Waals surface area (Å²) in [5.41, 5.74) is 1.15. The SMILES string of the molecule is COc1ccc(Cl)cc1N(CC(=O)NCCCN1CCN(C)CC1)S(=O)(=O)c1ccc(C)cc1. The van der Waals surface area contributed by atoms with Crippen LogP contribution in [-0.4, -0.2) is 84.1 Å². The average Bonchev–Trinajstić information content (AvgIpc) is 2.81. The first kappa shape index (κ1) is 26.3. The van der Waals surface area contributed by atoms with Crippen molar-refractivity contribution in [3.63, 3.8) is 0 Å². The zero-order valence-electron chi connectivity index (χ0n) is 20.0. The van der Waals surface area contributed by atoms with Crippen LogP contribution in [0.5, 0.6) is 5.75 Å². The summed E-state index contributed by atoms with van der Waals surface area (Å²) in [6, 6.07) is 11.2. The van der Waals surface area contributed by atoms with Crippen molar-refractivity contribution in [1.82, 2.24) is 15.1 Å². The van der Waals surface area contributed by atoms with Gasteiger partial charge in [-0.3, -0.25) is 9.10 Å². The predicted molar refractivity (Wildman–Crippen MR) is 135 cm³/mol. The molecule has 2 aromatic rings. The topological polar surface area (TPSA) is 82.2 Å². The Kier molecular flexibility index (Phi) is 9.18. The van der Waals surface area contributed by atoms with Crippen LogP contribution >= 0.6 is 11.6 Å². The summed E-state index contributed by atoms with van der Waals surface area (Å²) in [6.45, 7) is 6.96. The van der Waals surface area contributed by atoms with E-state index in [1.54, 1.807) is 24.3 Å². The number of nitrogens with one attached hydrogen (secondary N) is 1. The number of aryl methyl sites for hydroxylation is 1. The fraction of sp³-hybridized carbons (Fsp3) is 0.458. The van der Waals surface area contributed by atoms with Crippen LogP contribution < -0.4 is 14.4 Å². The third kappa shape index (κ3) is 6.85. The van der Waals surface area contributed by atoms with Crippen LogP contribution in [0.1, 0.15) is 12.0 Å². The summed E-state index contributed by atoms with van der Waals surface area (Å²) in [5.74, 6) is -0.0842. The van der Waals surface area contributed by atoms with Crippen molar-refractivity contribution < 1.29 is 17.9 Å². The van der Waals surface area contributed by atoms with Crippen LogP contribution in [0, 0.1) is 6.92 Å². The van der Waals surface area contributed by atoms with Gasteiger partial charge in [0.2, 0.25) is 5.91 Å². The van der Waals surface area contributed by atoms with E-state index in [9.17, 15) is 13.2 Å². The second-order valence-electron chi connectivity index (χ2n) is 8.49. The Hall–Kier alpha value is -2.33. The first-order valence-electron chi connectivity index (χ1n) is 11.3. The maximum Gasteiger partial charge on any atom is 0.264 e. The smallest absolute Gasteiger partial charge is 0.264 e. The Bertz CT molecular complexity index is 1070. The van der Waals surface area contributed by atoms with E-state index in [1.165, 1.54) is 25.3 Å². The normalized spacial score (nSPS) is 15.2. The minimum atomic E-state index is -4.05. The van der Waals surface area contributed by atoms with Crippen LogP contribution in [0.4, 0.5) is 5.69 Å². The van der Waals surface area contributed by atoms with E-state index in [-0.39, 0.29) is 17.1 Å². The van der Waals surface area contributed by atoms with Crippen molar-refractivity contribution >= 4 is 33.2 Å². The van der Waals surface area contributed by atoms with Crippen LogP contribution in [0.2, 0.25) is 5.02 Å². The number of likely N-dealkylation sites (N-methyl/N-ethyl adjacent to an activating group) is 1. The van der Waals surface area contributed by atoms with E-state index in [0.29, 0.717) is 17.3 Å². The first-order valence-corrected chi connectivity index (χ1v) is 13.1. The largest absolute Gasteiger partial charge is 0.495 e. The lowest BCUT2D eigenvalue weighted by atomic mass is 10.2. The van der Waals surface area contributed by atoms with Gasteiger partial charge in [0.05, 0.1) is 17.7 Å². The molecule has 0 aliphatic carbocycles. The van der Waals surface area contributed by atoms with E-state index < -0.39 is 15.9 Å². The standard InChI is InChI=1S/C24H33ClN4O4S/c1-19-5-8-21(9-6-19)34(31,32)29(22-17-20(25)7-10-23(22)33-3)18-24(30)26-11-4-12-28-15-13-27(2)14-16-28/h5-10,17H,4,11-16,18H2,1-3H3,(H,26,30). The van der Waals surface area contributed by atoms with Gasteiger partial charge < -0.3 is 19.9 Å². The fourth-order valence-electron chi connectivity index (χ4n) is 3.78. The molecule has 8 nitrogen and oxygen atoms in total. The summed E-state index contributed by atoms with van der Waals surface area (Å²) in [5, 5.41) is 3.20. The highest BCUT2D eigenvalue weighted by Crippen LogP contribution is 2.34. The number of halogens is 1. The monoisotopic (exact) mass is 508 g/mol. The highest BCUT2D eigenvalue weighted by atomic mass is 35.5. The first-order chi connectivity index (χ1) is 16.2. The van der Waals surface area contributed by atoms with Gasteiger partial charge >= 0.3 is 0 Å². The molecule has 0 spiro atoms. The molecule has 0 bridgehead atoms. The van der Waals surface area contributed by atoms with Gasteiger partial charge in [-0.15, -0.1) is 0 Å².